The molecule has 3 rings (SSSR count). The van der Waals surface area contributed by atoms with E-state index in [-0.39, 0.29) is 16.9 Å². The summed E-state index contributed by atoms with van der Waals surface area (Å²) in [6, 6.07) is 21.6. The van der Waals surface area contributed by atoms with E-state index in [1.807, 2.05) is 30.3 Å². The molecule has 0 heterocycles. The monoisotopic (exact) mass is 430 g/mol. The number of carbonyl (C=O) groups is 1. The van der Waals surface area contributed by atoms with Crippen molar-refractivity contribution in [3.63, 3.8) is 0 Å². The summed E-state index contributed by atoms with van der Waals surface area (Å²) in [6.45, 7) is 0. The second-order valence-electron chi connectivity index (χ2n) is 6.35. The van der Waals surface area contributed by atoms with Gasteiger partial charge in [0.15, 0.2) is 0 Å². The van der Waals surface area contributed by atoms with Crippen LogP contribution in [0.1, 0.15) is 0 Å². The number of ether oxygens (including phenoxy) is 2. The van der Waals surface area contributed by atoms with Crippen LogP contribution in [0, 0.1) is 21.4 Å². The van der Waals surface area contributed by atoms with E-state index in [2.05, 4.69) is 10.6 Å². The third-order valence-corrected chi connectivity index (χ3v) is 4.22. The molecule has 9 nitrogen and oxygen atoms in total. The first-order chi connectivity index (χ1) is 15.5. The van der Waals surface area contributed by atoms with Crippen molar-refractivity contribution in [2.45, 2.75) is 0 Å². The molecule has 32 heavy (non-hydrogen) atoms. The molecule has 0 fully saturated rings. The maximum absolute atomic E-state index is 12.5. The van der Waals surface area contributed by atoms with Crippen molar-refractivity contribution in [1.82, 2.24) is 0 Å². The van der Waals surface area contributed by atoms with E-state index < -0.39 is 10.8 Å². The van der Waals surface area contributed by atoms with Gasteiger partial charge in [0, 0.05) is 24.0 Å². The Morgan fingerprint density at radius 1 is 1.06 bits per heavy atom. The highest BCUT2D eigenvalue weighted by molar-refractivity contribution is 6.06. The molecule has 0 unspecified atom stereocenters. The lowest BCUT2D eigenvalue weighted by molar-refractivity contribution is -0.384. The summed E-state index contributed by atoms with van der Waals surface area (Å²) < 4.78 is 10.8. The lowest BCUT2D eigenvalue weighted by atomic mass is 10.2. The molecule has 0 spiro atoms. The maximum atomic E-state index is 12.5. The van der Waals surface area contributed by atoms with Crippen LogP contribution in [0.2, 0.25) is 0 Å². The molecule has 160 valence electrons. The Hall–Kier alpha value is -4.84. The number of nitriles is 1. The SMILES string of the molecule is COc1ccc([N+](=O)[O-])cc1N/C=C(/C#N)C(=O)Nc1ccc(Oc2ccccc2)cc1. The molecule has 0 atom stereocenters. The first-order valence-corrected chi connectivity index (χ1v) is 9.33. The van der Waals surface area contributed by atoms with Gasteiger partial charge in [0.2, 0.25) is 0 Å². The molecular formula is C23H18N4O5. The Kier molecular flexibility index (Phi) is 7.01. The molecule has 0 radical (unpaired) electrons. The van der Waals surface area contributed by atoms with Gasteiger partial charge in [0.05, 0.1) is 17.7 Å². The van der Waals surface area contributed by atoms with Crippen molar-refractivity contribution in [2.75, 3.05) is 17.7 Å². The van der Waals surface area contributed by atoms with E-state index >= 15 is 0 Å². The first kappa shape index (κ1) is 21.9. The molecule has 9 heteroatoms. The van der Waals surface area contributed by atoms with E-state index in [0.717, 1.165) is 6.20 Å². The van der Waals surface area contributed by atoms with Crippen molar-refractivity contribution in [1.29, 1.82) is 5.26 Å². The number of para-hydroxylation sites is 1. The Morgan fingerprint density at radius 2 is 1.75 bits per heavy atom. The number of hydrogen-bond acceptors (Lipinski definition) is 7. The predicted molar refractivity (Wildman–Crippen MR) is 119 cm³/mol. The van der Waals surface area contributed by atoms with Gasteiger partial charge in [-0.25, -0.2) is 0 Å². The Bertz CT molecular complexity index is 1190. The number of hydrogen-bond donors (Lipinski definition) is 2. The molecule has 0 bridgehead atoms. The van der Waals surface area contributed by atoms with Gasteiger partial charge >= 0.3 is 0 Å². The number of nitrogens with one attached hydrogen (secondary N) is 2. The lowest BCUT2D eigenvalue weighted by Gasteiger charge is -2.09. The summed E-state index contributed by atoms with van der Waals surface area (Å²) in [6.07, 6.45) is 1.16. The van der Waals surface area contributed by atoms with Gasteiger partial charge in [-0.3, -0.25) is 14.9 Å². The first-order valence-electron chi connectivity index (χ1n) is 9.33. The van der Waals surface area contributed by atoms with Gasteiger partial charge in [-0.05, 0) is 42.5 Å². The summed E-state index contributed by atoms with van der Waals surface area (Å²) in [7, 11) is 1.40. The highest BCUT2D eigenvalue weighted by Gasteiger charge is 2.13. The Morgan fingerprint density at radius 3 is 2.38 bits per heavy atom. The molecule has 0 aromatic heterocycles. The molecule has 3 aromatic rings. The van der Waals surface area contributed by atoms with Gasteiger partial charge in [-0.1, -0.05) is 18.2 Å². The zero-order valence-corrected chi connectivity index (χ0v) is 16.9. The van der Waals surface area contributed by atoms with E-state index in [4.69, 9.17) is 9.47 Å². The molecule has 0 saturated heterocycles. The van der Waals surface area contributed by atoms with Crippen LogP contribution in [0.5, 0.6) is 17.2 Å². The number of methoxy groups -OCH3 is 1. The van der Waals surface area contributed by atoms with Crippen LogP contribution in [-0.4, -0.2) is 17.9 Å². The fraction of sp³-hybridized carbons (Fsp3) is 0.0435. The smallest absolute Gasteiger partial charge is 0.271 e. The van der Waals surface area contributed by atoms with E-state index in [9.17, 15) is 20.2 Å². The van der Waals surface area contributed by atoms with Crippen LogP contribution in [0.4, 0.5) is 17.1 Å². The number of benzene rings is 3. The fourth-order valence-electron chi connectivity index (χ4n) is 2.65. The maximum Gasteiger partial charge on any atom is 0.271 e. The normalized spacial score (nSPS) is 10.6. The number of nitro groups is 1. The minimum atomic E-state index is -0.652. The van der Waals surface area contributed by atoms with Crippen LogP contribution in [0.25, 0.3) is 0 Å². The van der Waals surface area contributed by atoms with Crippen LogP contribution >= 0.6 is 0 Å². The van der Waals surface area contributed by atoms with Crippen molar-refractivity contribution in [3.05, 3.63) is 94.7 Å². The Labute approximate surface area is 183 Å². The number of non-ortho nitro benzene ring substituents is 1. The van der Waals surface area contributed by atoms with Crippen molar-refractivity contribution >= 4 is 23.0 Å². The number of nitro benzene ring substituents is 1. The van der Waals surface area contributed by atoms with Gasteiger partial charge in [0.1, 0.15) is 28.9 Å². The third-order valence-electron chi connectivity index (χ3n) is 4.22. The van der Waals surface area contributed by atoms with Crippen molar-refractivity contribution in [3.8, 4) is 23.3 Å². The van der Waals surface area contributed by atoms with E-state index in [1.165, 1.54) is 25.3 Å². The molecule has 0 aliphatic rings. The zero-order valence-electron chi connectivity index (χ0n) is 16.9. The molecule has 2 N–H and O–H groups in total. The van der Waals surface area contributed by atoms with Gasteiger partial charge in [-0.15, -0.1) is 0 Å². The molecule has 0 saturated carbocycles. The highest BCUT2D eigenvalue weighted by Crippen LogP contribution is 2.29. The van der Waals surface area contributed by atoms with Gasteiger partial charge in [-0.2, -0.15) is 5.26 Å². The zero-order chi connectivity index (χ0) is 22.9. The van der Waals surface area contributed by atoms with Gasteiger partial charge < -0.3 is 20.1 Å². The largest absolute Gasteiger partial charge is 0.495 e. The quantitative estimate of drug-likeness (QED) is 0.226. The average Bonchev–Trinajstić information content (AvgIpc) is 2.81. The van der Waals surface area contributed by atoms with Gasteiger partial charge in [0.25, 0.3) is 11.6 Å². The van der Waals surface area contributed by atoms with Crippen molar-refractivity contribution < 1.29 is 19.2 Å². The standard InChI is InChI=1S/C23H18N4O5/c1-31-22-12-9-18(27(29)30)13-21(22)25-15-16(14-24)23(28)26-17-7-10-20(11-8-17)32-19-5-3-2-4-6-19/h2-13,15,25H,1H3,(H,26,28)/b16-15-. The number of carbonyl (C=O) groups excluding carboxylic acids is 1. The average molecular weight is 430 g/mol. The van der Waals surface area contributed by atoms with Crippen LogP contribution in [0.3, 0.4) is 0 Å². The number of rotatable bonds is 8. The number of nitrogens with zero attached hydrogens (tertiary/aromatic N) is 2. The molecule has 3 aromatic carbocycles. The summed E-state index contributed by atoms with van der Waals surface area (Å²) in [5.74, 6) is 0.936. The lowest BCUT2D eigenvalue weighted by Crippen LogP contribution is -2.14. The van der Waals surface area contributed by atoms with Crippen LogP contribution < -0.4 is 20.1 Å². The topological polar surface area (TPSA) is 127 Å². The predicted octanol–water partition coefficient (Wildman–Crippen LogP) is 4.85. The molecular weight excluding hydrogens is 412 g/mol. The van der Waals surface area contributed by atoms with Crippen molar-refractivity contribution in [2.24, 2.45) is 0 Å². The van der Waals surface area contributed by atoms with E-state index in [0.29, 0.717) is 22.9 Å². The van der Waals surface area contributed by atoms with Crippen LogP contribution in [-0.2, 0) is 4.79 Å². The van der Waals surface area contributed by atoms with Crippen LogP contribution in [0.15, 0.2) is 84.6 Å². The fourth-order valence-corrected chi connectivity index (χ4v) is 2.65. The highest BCUT2D eigenvalue weighted by atomic mass is 16.6. The molecule has 1 amide bonds. The minimum Gasteiger partial charge on any atom is -0.495 e. The summed E-state index contributed by atoms with van der Waals surface area (Å²) in [5, 5.41) is 25.7. The van der Waals surface area contributed by atoms with E-state index in [1.54, 1.807) is 30.3 Å². The number of amides is 1. The third kappa shape index (κ3) is 5.61. The summed E-state index contributed by atoms with van der Waals surface area (Å²) >= 11 is 0. The molecule has 0 aliphatic carbocycles. The number of anilines is 2. The summed E-state index contributed by atoms with van der Waals surface area (Å²) in [5.41, 5.74) is 0.305. The minimum absolute atomic E-state index is 0.164. The molecule has 0 aliphatic heterocycles. The summed E-state index contributed by atoms with van der Waals surface area (Å²) in [4.78, 5) is 22.9. The second kappa shape index (κ2) is 10.3. The second-order valence-corrected chi connectivity index (χ2v) is 6.35. The Balaban J connectivity index is 1.68.